The van der Waals surface area contributed by atoms with E-state index in [2.05, 4.69) is 20.9 Å². The van der Waals surface area contributed by atoms with Crippen molar-refractivity contribution < 1.29 is 4.74 Å². The van der Waals surface area contributed by atoms with Crippen LogP contribution in [0.3, 0.4) is 0 Å². The fourth-order valence-electron chi connectivity index (χ4n) is 3.88. The van der Waals surface area contributed by atoms with Crippen molar-refractivity contribution in [3.8, 4) is 0 Å². The molecule has 2 fully saturated rings. The highest BCUT2D eigenvalue weighted by atomic mass is 16.5. The predicted octanol–water partition coefficient (Wildman–Crippen LogP) is 2.54. The zero-order valence-electron chi connectivity index (χ0n) is 13.7. The highest BCUT2D eigenvalue weighted by Crippen LogP contribution is 2.22. The van der Waals surface area contributed by atoms with Crippen LogP contribution in [0.1, 0.15) is 37.9 Å². The first-order chi connectivity index (χ1) is 11.4. The van der Waals surface area contributed by atoms with E-state index in [0.717, 1.165) is 43.9 Å². The summed E-state index contributed by atoms with van der Waals surface area (Å²) in [5.41, 5.74) is 2.05. The summed E-state index contributed by atoms with van der Waals surface area (Å²) in [6.07, 6.45) is 9.17. The number of nitrogens with zero attached hydrogens (tertiary/aromatic N) is 3. The van der Waals surface area contributed by atoms with Gasteiger partial charge in [-0.05, 0) is 44.4 Å². The van der Waals surface area contributed by atoms with E-state index in [0.29, 0.717) is 12.0 Å². The third-order valence-corrected chi connectivity index (χ3v) is 5.12. The predicted molar refractivity (Wildman–Crippen MR) is 90.4 cm³/mol. The van der Waals surface area contributed by atoms with Gasteiger partial charge in [0.25, 0.3) is 0 Å². The Morgan fingerprint density at radius 3 is 3.09 bits per heavy atom. The van der Waals surface area contributed by atoms with Crippen LogP contribution in [-0.4, -0.2) is 40.3 Å². The molecule has 2 unspecified atom stereocenters. The summed E-state index contributed by atoms with van der Waals surface area (Å²) in [4.78, 5) is 9.49. The SMILES string of the molecule is c1cnc2c(c1)nc(CC1CCCCN1)n2CC1CCCOC1. The molecule has 0 aromatic carbocycles. The summed E-state index contributed by atoms with van der Waals surface area (Å²) in [6.45, 7) is 3.90. The summed E-state index contributed by atoms with van der Waals surface area (Å²) in [5.74, 6) is 1.77. The van der Waals surface area contributed by atoms with E-state index in [-0.39, 0.29) is 0 Å². The van der Waals surface area contributed by atoms with Crippen molar-refractivity contribution in [2.45, 2.75) is 51.1 Å². The van der Waals surface area contributed by atoms with E-state index in [1.165, 1.54) is 37.9 Å². The lowest BCUT2D eigenvalue weighted by Gasteiger charge is -2.25. The molecule has 0 spiro atoms. The Hall–Kier alpha value is -1.46. The van der Waals surface area contributed by atoms with Crippen molar-refractivity contribution in [2.75, 3.05) is 19.8 Å². The number of aromatic nitrogens is 3. The number of hydrogen-bond acceptors (Lipinski definition) is 4. The molecule has 2 aliphatic rings. The van der Waals surface area contributed by atoms with Gasteiger partial charge in [0, 0.05) is 37.7 Å². The largest absolute Gasteiger partial charge is 0.381 e. The van der Waals surface area contributed by atoms with Gasteiger partial charge in [-0.1, -0.05) is 6.42 Å². The van der Waals surface area contributed by atoms with Gasteiger partial charge in [0.05, 0.1) is 6.61 Å². The van der Waals surface area contributed by atoms with Gasteiger partial charge in [-0.2, -0.15) is 0 Å². The van der Waals surface area contributed by atoms with Gasteiger partial charge in [-0.3, -0.25) is 0 Å². The zero-order valence-corrected chi connectivity index (χ0v) is 13.7. The first kappa shape index (κ1) is 15.1. The van der Waals surface area contributed by atoms with Crippen LogP contribution < -0.4 is 5.32 Å². The maximum Gasteiger partial charge on any atom is 0.159 e. The Bertz CT molecular complexity index is 642. The van der Waals surface area contributed by atoms with Crippen LogP contribution >= 0.6 is 0 Å². The number of piperidine rings is 1. The molecule has 0 amide bonds. The van der Waals surface area contributed by atoms with E-state index >= 15 is 0 Å². The standard InChI is InChI=1S/C18H26N4O/c1-2-8-19-15(6-1)11-17-21-16-7-3-9-20-18(16)22(17)12-14-5-4-10-23-13-14/h3,7,9,14-15,19H,1-2,4-6,8,10-13H2. The Balaban J connectivity index is 1.60. The number of imidazole rings is 1. The van der Waals surface area contributed by atoms with Crippen LogP contribution in [0.4, 0.5) is 0 Å². The molecule has 5 nitrogen and oxygen atoms in total. The second kappa shape index (κ2) is 6.97. The van der Waals surface area contributed by atoms with Gasteiger partial charge in [0.2, 0.25) is 0 Å². The molecule has 2 aliphatic heterocycles. The summed E-state index contributed by atoms with van der Waals surface area (Å²) in [7, 11) is 0. The maximum atomic E-state index is 5.67. The molecular formula is C18H26N4O. The lowest BCUT2D eigenvalue weighted by atomic mass is 10.0. The fraction of sp³-hybridized carbons (Fsp3) is 0.667. The summed E-state index contributed by atoms with van der Waals surface area (Å²) in [6, 6.07) is 4.61. The number of fused-ring (bicyclic) bond motifs is 1. The second-order valence-electron chi connectivity index (χ2n) is 6.92. The van der Waals surface area contributed by atoms with Gasteiger partial charge in [-0.15, -0.1) is 0 Å². The van der Waals surface area contributed by atoms with Crippen LogP contribution in [0.15, 0.2) is 18.3 Å². The Labute approximate surface area is 137 Å². The topological polar surface area (TPSA) is 52.0 Å². The van der Waals surface area contributed by atoms with Crippen molar-refractivity contribution in [3.63, 3.8) is 0 Å². The Morgan fingerprint density at radius 2 is 2.26 bits per heavy atom. The molecule has 2 saturated heterocycles. The van der Waals surface area contributed by atoms with E-state index < -0.39 is 0 Å². The van der Waals surface area contributed by atoms with E-state index in [4.69, 9.17) is 9.72 Å². The van der Waals surface area contributed by atoms with Crippen LogP contribution in [0, 0.1) is 5.92 Å². The van der Waals surface area contributed by atoms with Crippen molar-refractivity contribution in [1.82, 2.24) is 19.9 Å². The highest BCUT2D eigenvalue weighted by molar-refractivity contribution is 5.71. The minimum Gasteiger partial charge on any atom is -0.381 e. The van der Waals surface area contributed by atoms with Crippen molar-refractivity contribution in [2.24, 2.45) is 5.92 Å². The fourth-order valence-corrected chi connectivity index (χ4v) is 3.88. The van der Waals surface area contributed by atoms with E-state index in [9.17, 15) is 0 Å². The monoisotopic (exact) mass is 314 g/mol. The molecule has 1 N–H and O–H groups in total. The van der Waals surface area contributed by atoms with Crippen LogP contribution in [0.2, 0.25) is 0 Å². The van der Waals surface area contributed by atoms with Crippen LogP contribution in [0.5, 0.6) is 0 Å². The molecule has 2 atom stereocenters. The number of nitrogens with one attached hydrogen (secondary N) is 1. The van der Waals surface area contributed by atoms with Crippen LogP contribution in [0.25, 0.3) is 11.2 Å². The minimum atomic E-state index is 0.557. The van der Waals surface area contributed by atoms with E-state index in [1.54, 1.807) is 0 Å². The number of rotatable bonds is 4. The minimum absolute atomic E-state index is 0.557. The van der Waals surface area contributed by atoms with Gasteiger partial charge in [-0.25, -0.2) is 9.97 Å². The highest BCUT2D eigenvalue weighted by Gasteiger charge is 2.22. The molecule has 5 heteroatoms. The third-order valence-electron chi connectivity index (χ3n) is 5.12. The first-order valence-electron chi connectivity index (χ1n) is 9.01. The summed E-state index contributed by atoms with van der Waals surface area (Å²) >= 11 is 0. The van der Waals surface area contributed by atoms with Gasteiger partial charge >= 0.3 is 0 Å². The number of ether oxygens (including phenoxy) is 1. The summed E-state index contributed by atoms with van der Waals surface area (Å²) < 4.78 is 8.02. The second-order valence-corrected chi connectivity index (χ2v) is 6.92. The van der Waals surface area contributed by atoms with Crippen molar-refractivity contribution >= 4 is 11.2 Å². The molecule has 0 saturated carbocycles. The molecular weight excluding hydrogens is 288 g/mol. The number of hydrogen-bond donors (Lipinski definition) is 1. The van der Waals surface area contributed by atoms with Crippen molar-refractivity contribution in [1.29, 1.82) is 0 Å². The first-order valence-corrected chi connectivity index (χ1v) is 9.01. The maximum absolute atomic E-state index is 5.67. The smallest absolute Gasteiger partial charge is 0.159 e. The molecule has 4 rings (SSSR count). The van der Waals surface area contributed by atoms with E-state index in [1.807, 2.05) is 12.3 Å². The molecule has 4 heterocycles. The average molecular weight is 314 g/mol. The molecule has 2 aromatic rings. The molecule has 0 aliphatic carbocycles. The van der Waals surface area contributed by atoms with Crippen molar-refractivity contribution in [3.05, 3.63) is 24.2 Å². The molecule has 124 valence electrons. The Morgan fingerprint density at radius 1 is 1.26 bits per heavy atom. The lowest BCUT2D eigenvalue weighted by molar-refractivity contribution is 0.0484. The van der Waals surface area contributed by atoms with Gasteiger partial charge in [0.15, 0.2) is 5.65 Å². The van der Waals surface area contributed by atoms with Gasteiger partial charge in [0.1, 0.15) is 11.3 Å². The quantitative estimate of drug-likeness (QED) is 0.942. The molecule has 0 radical (unpaired) electrons. The number of pyridine rings is 1. The molecule has 0 bridgehead atoms. The van der Waals surface area contributed by atoms with Crippen LogP contribution in [-0.2, 0) is 17.7 Å². The lowest BCUT2D eigenvalue weighted by Crippen LogP contribution is -2.36. The molecule has 23 heavy (non-hydrogen) atoms. The zero-order chi connectivity index (χ0) is 15.5. The van der Waals surface area contributed by atoms with Gasteiger partial charge < -0.3 is 14.6 Å². The molecule has 2 aromatic heterocycles. The Kier molecular flexibility index (Phi) is 4.57. The average Bonchev–Trinajstić information content (AvgIpc) is 2.94. The normalized spacial score (nSPS) is 25.7. The third kappa shape index (κ3) is 3.40. The summed E-state index contributed by atoms with van der Waals surface area (Å²) in [5, 5.41) is 3.64.